The predicted octanol–water partition coefficient (Wildman–Crippen LogP) is 2.57. The number of anilines is 1. The van der Waals surface area contributed by atoms with E-state index in [4.69, 9.17) is 11.6 Å². The Hall–Kier alpha value is -1.81. The van der Waals surface area contributed by atoms with E-state index in [1.807, 2.05) is 22.9 Å². The van der Waals surface area contributed by atoms with E-state index in [1.165, 1.54) is 0 Å². The van der Waals surface area contributed by atoms with Gasteiger partial charge in [0.2, 0.25) is 5.91 Å². The fraction of sp³-hybridized carbons (Fsp3) is 0.167. The highest BCUT2D eigenvalue weighted by Gasteiger charge is 2.04. The second-order valence-electron chi connectivity index (χ2n) is 3.58. The van der Waals surface area contributed by atoms with Crippen LogP contribution in [-0.4, -0.2) is 15.5 Å². The minimum absolute atomic E-state index is 0.0631. The Morgan fingerprint density at radius 2 is 2.24 bits per heavy atom. The van der Waals surface area contributed by atoms with Crippen LogP contribution in [0.3, 0.4) is 0 Å². The average Bonchev–Trinajstić information content (AvgIpc) is 2.82. The summed E-state index contributed by atoms with van der Waals surface area (Å²) < 4.78 is 1.85. The Bertz CT molecular complexity index is 496. The minimum atomic E-state index is -0.0631. The molecular weight excluding hydrogens is 238 g/mol. The van der Waals surface area contributed by atoms with E-state index >= 15 is 0 Å². The van der Waals surface area contributed by atoms with Crippen molar-refractivity contribution in [3.63, 3.8) is 0 Å². The molecule has 0 saturated heterocycles. The number of hydrogen-bond acceptors (Lipinski definition) is 2. The molecule has 1 amide bonds. The first kappa shape index (κ1) is 11.7. The number of benzene rings is 1. The summed E-state index contributed by atoms with van der Waals surface area (Å²) >= 11 is 5.94. The molecule has 1 aromatic heterocycles. The Balaban J connectivity index is 1.87. The zero-order valence-electron chi connectivity index (χ0n) is 9.14. The maximum Gasteiger partial charge on any atom is 0.226 e. The molecule has 0 aliphatic carbocycles. The van der Waals surface area contributed by atoms with Crippen molar-refractivity contribution in [3.8, 4) is 0 Å². The molecule has 0 fully saturated rings. The van der Waals surface area contributed by atoms with Crippen LogP contribution in [0.2, 0.25) is 5.02 Å². The number of para-hydroxylation sites is 1. The number of carbonyl (C=O) groups excluding carboxylic acids is 1. The molecule has 0 radical (unpaired) electrons. The van der Waals surface area contributed by atoms with Gasteiger partial charge in [0.15, 0.2) is 0 Å². The Labute approximate surface area is 104 Å². The van der Waals surface area contributed by atoms with Gasteiger partial charge in [-0.3, -0.25) is 4.79 Å². The lowest BCUT2D eigenvalue weighted by atomic mass is 10.3. The van der Waals surface area contributed by atoms with E-state index in [1.54, 1.807) is 24.7 Å². The molecule has 0 spiro atoms. The summed E-state index contributed by atoms with van der Waals surface area (Å²) in [6, 6.07) is 7.17. The molecule has 2 aromatic rings. The van der Waals surface area contributed by atoms with Crippen LogP contribution in [0.1, 0.15) is 6.42 Å². The summed E-state index contributed by atoms with van der Waals surface area (Å²) in [5, 5.41) is 3.31. The molecule has 0 bridgehead atoms. The minimum Gasteiger partial charge on any atom is -0.337 e. The van der Waals surface area contributed by atoms with Crippen LogP contribution in [0.25, 0.3) is 0 Å². The summed E-state index contributed by atoms with van der Waals surface area (Å²) in [6.45, 7) is 0.607. The molecule has 1 aromatic carbocycles. The van der Waals surface area contributed by atoms with Crippen molar-refractivity contribution in [1.82, 2.24) is 9.55 Å². The van der Waals surface area contributed by atoms with Gasteiger partial charge in [-0.15, -0.1) is 0 Å². The number of nitrogens with one attached hydrogen (secondary N) is 1. The molecule has 17 heavy (non-hydrogen) atoms. The van der Waals surface area contributed by atoms with E-state index in [9.17, 15) is 4.79 Å². The van der Waals surface area contributed by atoms with Crippen LogP contribution in [0.5, 0.6) is 0 Å². The highest BCUT2D eigenvalue weighted by molar-refractivity contribution is 6.33. The molecule has 1 N–H and O–H groups in total. The molecule has 0 unspecified atom stereocenters. The average molecular weight is 250 g/mol. The second kappa shape index (κ2) is 5.50. The van der Waals surface area contributed by atoms with Crippen molar-refractivity contribution in [1.29, 1.82) is 0 Å². The van der Waals surface area contributed by atoms with Crippen molar-refractivity contribution >= 4 is 23.2 Å². The van der Waals surface area contributed by atoms with E-state index in [-0.39, 0.29) is 5.91 Å². The molecule has 88 valence electrons. The van der Waals surface area contributed by atoms with Gasteiger partial charge in [0, 0.05) is 25.4 Å². The summed E-state index contributed by atoms with van der Waals surface area (Å²) in [5.41, 5.74) is 0.643. The highest BCUT2D eigenvalue weighted by atomic mass is 35.5. The number of aromatic nitrogens is 2. The van der Waals surface area contributed by atoms with Crippen molar-refractivity contribution in [2.75, 3.05) is 5.32 Å². The summed E-state index contributed by atoms with van der Waals surface area (Å²) in [6.07, 6.45) is 5.58. The first-order chi connectivity index (χ1) is 8.25. The number of amides is 1. The van der Waals surface area contributed by atoms with Crippen LogP contribution >= 0.6 is 11.6 Å². The topological polar surface area (TPSA) is 46.9 Å². The Kier molecular flexibility index (Phi) is 3.77. The van der Waals surface area contributed by atoms with E-state index < -0.39 is 0 Å². The third kappa shape index (κ3) is 3.32. The van der Waals surface area contributed by atoms with E-state index in [0.717, 1.165) is 0 Å². The second-order valence-corrected chi connectivity index (χ2v) is 3.99. The normalized spacial score (nSPS) is 10.2. The maximum absolute atomic E-state index is 11.7. The number of aryl methyl sites for hydroxylation is 1. The number of nitrogens with zero attached hydrogens (tertiary/aromatic N) is 2. The van der Waals surface area contributed by atoms with Gasteiger partial charge in [0.05, 0.1) is 17.0 Å². The van der Waals surface area contributed by atoms with Crippen molar-refractivity contribution in [2.45, 2.75) is 13.0 Å². The number of imidazole rings is 1. The van der Waals surface area contributed by atoms with Crippen LogP contribution in [0.4, 0.5) is 5.69 Å². The van der Waals surface area contributed by atoms with Gasteiger partial charge >= 0.3 is 0 Å². The van der Waals surface area contributed by atoms with E-state index in [0.29, 0.717) is 23.7 Å². The highest BCUT2D eigenvalue weighted by Crippen LogP contribution is 2.20. The standard InChI is InChI=1S/C12H12ClN3O/c13-10-3-1-2-4-11(10)15-12(17)5-7-16-8-6-14-9-16/h1-4,6,8-9H,5,7H2,(H,15,17). The molecular formula is C12H12ClN3O. The fourth-order valence-electron chi connectivity index (χ4n) is 1.42. The van der Waals surface area contributed by atoms with Crippen LogP contribution in [0, 0.1) is 0 Å². The van der Waals surface area contributed by atoms with Gasteiger partial charge < -0.3 is 9.88 Å². The fourth-order valence-corrected chi connectivity index (χ4v) is 1.61. The largest absolute Gasteiger partial charge is 0.337 e. The van der Waals surface area contributed by atoms with Crippen molar-refractivity contribution < 1.29 is 4.79 Å². The molecule has 5 heteroatoms. The molecule has 4 nitrogen and oxygen atoms in total. The molecule has 1 heterocycles. The predicted molar refractivity (Wildman–Crippen MR) is 66.9 cm³/mol. The lowest BCUT2D eigenvalue weighted by Gasteiger charge is -2.07. The zero-order valence-corrected chi connectivity index (χ0v) is 9.89. The molecule has 0 atom stereocenters. The van der Waals surface area contributed by atoms with Crippen LogP contribution in [-0.2, 0) is 11.3 Å². The summed E-state index contributed by atoms with van der Waals surface area (Å²) in [7, 11) is 0. The van der Waals surface area contributed by atoms with Crippen molar-refractivity contribution in [2.24, 2.45) is 0 Å². The third-order valence-corrected chi connectivity index (χ3v) is 2.63. The zero-order chi connectivity index (χ0) is 12.1. The van der Waals surface area contributed by atoms with Gasteiger partial charge in [0.25, 0.3) is 0 Å². The Morgan fingerprint density at radius 3 is 2.94 bits per heavy atom. The smallest absolute Gasteiger partial charge is 0.226 e. The first-order valence-corrected chi connectivity index (χ1v) is 5.63. The van der Waals surface area contributed by atoms with Gasteiger partial charge in [-0.05, 0) is 12.1 Å². The van der Waals surface area contributed by atoms with E-state index in [2.05, 4.69) is 10.3 Å². The summed E-state index contributed by atoms with van der Waals surface area (Å²) in [5.74, 6) is -0.0631. The van der Waals surface area contributed by atoms with Crippen LogP contribution < -0.4 is 5.32 Å². The van der Waals surface area contributed by atoms with Gasteiger partial charge in [-0.2, -0.15) is 0 Å². The molecule has 0 aliphatic rings. The SMILES string of the molecule is O=C(CCn1ccnc1)Nc1ccccc1Cl. The molecule has 0 aliphatic heterocycles. The molecule has 2 rings (SSSR count). The molecule has 0 saturated carbocycles. The number of halogens is 1. The number of hydrogen-bond donors (Lipinski definition) is 1. The number of rotatable bonds is 4. The first-order valence-electron chi connectivity index (χ1n) is 5.26. The van der Waals surface area contributed by atoms with Crippen LogP contribution in [0.15, 0.2) is 43.0 Å². The summed E-state index contributed by atoms with van der Waals surface area (Å²) in [4.78, 5) is 15.6. The van der Waals surface area contributed by atoms with Gasteiger partial charge in [0.1, 0.15) is 0 Å². The maximum atomic E-state index is 11.7. The lowest BCUT2D eigenvalue weighted by Crippen LogP contribution is -2.14. The van der Waals surface area contributed by atoms with Gasteiger partial charge in [-0.1, -0.05) is 23.7 Å². The number of carbonyl (C=O) groups is 1. The Morgan fingerprint density at radius 1 is 1.41 bits per heavy atom. The van der Waals surface area contributed by atoms with Crippen molar-refractivity contribution in [3.05, 3.63) is 48.0 Å². The monoisotopic (exact) mass is 249 g/mol. The third-order valence-electron chi connectivity index (χ3n) is 2.30. The quantitative estimate of drug-likeness (QED) is 0.905. The van der Waals surface area contributed by atoms with Gasteiger partial charge in [-0.25, -0.2) is 4.98 Å². The lowest BCUT2D eigenvalue weighted by molar-refractivity contribution is -0.116.